The molecule has 2 N–H and O–H groups in total. The number of aryl methyl sites for hydroxylation is 3. The molecule has 0 bridgehead atoms. The minimum atomic E-state index is -0.191. The number of rotatable bonds is 6. The van der Waals surface area contributed by atoms with Gasteiger partial charge in [-0.15, -0.1) is 0 Å². The van der Waals surface area contributed by atoms with Gasteiger partial charge in [-0.3, -0.25) is 19.8 Å². The van der Waals surface area contributed by atoms with E-state index in [4.69, 9.17) is 4.99 Å². The summed E-state index contributed by atoms with van der Waals surface area (Å²) in [5.74, 6) is 0.254. The molecule has 0 unspecified atom stereocenters. The van der Waals surface area contributed by atoms with E-state index in [2.05, 4.69) is 49.5 Å². The molecule has 3 rings (SSSR count). The molecule has 2 aromatic carbocycles. The Balaban J connectivity index is 1.81. The maximum Gasteiger partial charge on any atom is 0.257 e. The molecule has 1 aromatic heterocycles. The van der Waals surface area contributed by atoms with Gasteiger partial charge in [0.1, 0.15) is 0 Å². The Bertz CT molecular complexity index is 1080. The van der Waals surface area contributed by atoms with Gasteiger partial charge in [0.25, 0.3) is 5.91 Å². The number of carbonyl (C=O) groups excluding carboxylic acids is 1. The van der Waals surface area contributed by atoms with Crippen LogP contribution in [0.2, 0.25) is 0 Å². The number of hydrogen-bond donors (Lipinski definition) is 2. The van der Waals surface area contributed by atoms with Crippen LogP contribution in [0.1, 0.15) is 45.4 Å². The Kier molecular flexibility index (Phi) is 7.23. The molecule has 0 saturated heterocycles. The average molecular weight is 418 g/mol. The molecule has 0 aliphatic heterocycles. The van der Waals surface area contributed by atoms with Crippen LogP contribution in [0.5, 0.6) is 0 Å². The van der Waals surface area contributed by atoms with Crippen LogP contribution in [-0.2, 0) is 13.0 Å². The Morgan fingerprint density at radius 1 is 1.03 bits per heavy atom. The third kappa shape index (κ3) is 5.40. The summed E-state index contributed by atoms with van der Waals surface area (Å²) in [6, 6.07) is 15.2. The normalized spacial score (nSPS) is 11.5. The van der Waals surface area contributed by atoms with Crippen LogP contribution in [0.3, 0.4) is 0 Å². The van der Waals surface area contributed by atoms with Crippen LogP contribution in [0, 0.1) is 27.7 Å². The molecule has 6 heteroatoms. The van der Waals surface area contributed by atoms with E-state index < -0.39 is 0 Å². The fourth-order valence-corrected chi connectivity index (χ4v) is 3.58. The van der Waals surface area contributed by atoms with Crippen LogP contribution in [0.4, 0.5) is 5.69 Å². The minimum absolute atomic E-state index is 0.191. The molecule has 1 amide bonds. The molecule has 0 saturated carbocycles. The highest BCUT2D eigenvalue weighted by Crippen LogP contribution is 2.18. The number of aromatic nitrogens is 2. The van der Waals surface area contributed by atoms with Crippen molar-refractivity contribution in [2.24, 2.45) is 4.99 Å². The average Bonchev–Trinajstić information content (AvgIpc) is 3.05. The molecule has 3 aromatic rings. The first-order chi connectivity index (χ1) is 14.9. The van der Waals surface area contributed by atoms with Gasteiger partial charge in [0.2, 0.25) is 5.96 Å². The highest BCUT2D eigenvalue weighted by molar-refractivity contribution is 6.10. The standard InChI is InChI=1S/C25H31N5O/c1-6-30-20(5)22(19(4)29-30)15-16-26-25(27-23-14-10-11-17(2)18(23)3)28-24(31)21-12-8-7-9-13-21/h7-14H,6,15-16H2,1-5H3,(H2,26,27,28,31). The number of nitrogens with one attached hydrogen (secondary N) is 2. The Hall–Kier alpha value is -3.41. The lowest BCUT2D eigenvalue weighted by Gasteiger charge is -2.15. The predicted octanol–water partition coefficient (Wildman–Crippen LogP) is 4.58. The van der Waals surface area contributed by atoms with Gasteiger partial charge in [-0.05, 0) is 75.9 Å². The third-order valence-corrected chi connectivity index (χ3v) is 5.59. The molecular weight excluding hydrogens is 386 g/mol. The van der Waals surface area contributed by atoms with E-state index in [-0.39, 0.29) is 5.91 Å². The maximum absolute atomic E-state index is 12.7. The SMILES string of the molecule is CCn1nc(C)c(CCN=C(NC(=O)c2ccccc2)Nc2cccc(C)c2C)c1C. The zero-order chi connectivity index (χ0) is 22.4. The van der Waals surface area contributed by atoms with Crippen molar-refractivity contribution >= 4 is 17.6 Å². The first kappa shape index (κ1) is 22.3. The maximum atomic E-state index is 12.7. The molecule has 0 aliphatic carbocycles. The number of amides is 1. The topological polar surface area (TPSA) is 71.3 Å². The van der Waals surface area contributed by atoms with Crippen molar-refractivity contribution in [2.75, 3.05) is 11.9 Å². The molecule has 0 atom stereocenters. The van der Waals surface area contributed by atoms with Gasteiger partial charge < -0.3 is 5.32 Å². The van der Waals surface area contributed by atoms with Crippen molar-refractivity contribution in [3.8, 4) is 0 Å². The number of guanidine groups is 1. The monoisotopic (exact) mass is 417 g/mol. The molecule has 0 radical (unpaired) electrons. The lowest BCUT2D eigenvalue weighted by atomic mass is 10.1. The number of anilines is 1. The highest BCUT2D eigenvalue weighted by Gasteiger charge is 2.12. The van der Waals surface area contributed by atoms with Gasteiger partial charge in [-0.2, -0.15) is 5.10 Å². The lowest BCUT2D eigenvalue weighted by molar-refractivity contribution is 0.0977. The molecule has 0 spiro atoms. The van der Waals surface area contributed by atoms with Crippen molar-refractivity contribution in [1.82, 2.24) is 15.1 Å². The van der Waals surface area contributed by atoms with Crippen molar-refractivity contribution in [3.05, 3.63) is 82.2 Å². The van der Waals surface area contributed by atoms with E-state index in [0.717, 1.165) is 29.9 Å². The molecule has 6 nitrogen and oxygen atoms in total. The van der Waals surface area contributed by atoms with Gasteiger partial charge in [0.15, 0.2) is 0 Å². The third-order valence-electron chi connectivity index (χ3n) is 5.59. The summed E-state index contributed by atoms with van der Waals surface area (Å²) >= 11 is 0. The predicted molar refractivity (Wildman–Crippen MR) is 127 cm³/mol. The zero-order valence-electron chi connectivity index (χ0n) is 19.0. The second-order valence-corrected chi connectivity index (χ2v) is 7.64. The number of aliphatic imine (C=N–C) groups is 1. The molecule has 1 heterocycles. The number of benzene rings is 2. The minimum Gasteiger partial charge on any atom is -0.326 e. The van der Waals surface area contributed by atoms with Gasteiger partial charge in [0.05, 0.1) is 5.69 Å². The Morgan fingerprint density at radius 2 is 1.77 bits per heavy atom. The van der Waals surface area contributed by atoms with Crippen molar-refractivity contribution in [2.45, 2.75) is 47.6 Å². The van der Waals surface area contributed by atoms with E-state index in [9.17, 15) is 4.79 Å². The summed E-state index contributed by atoms with van der Waals surface area (Å²) in [4.78, 5) is 17.4. The number of hydrogen-bond acceptors (Lipinski definition) is 3. The van der Waals surface area contributed by atoms with Crippen molar-refractivity contribution in [1.29, 1.82) is 0 Å². The summed E-state index contributed by atoms with van der Waals surface area (Å²) in [5.41, 5.74) is 7.25. The van der Waals surface area contributed by atoms with E-state index in [1.165, 1.54) is 16.8 Å². The molecule has 0 fully saturated rings. The van der Waals surface area contributed by atoms with Crippen molar-refractivity contribution < 1.29 is 4.79 Å². The second kappa shape index (κ2) is 10.1. The fourth-order valence-electron chi connectivity index (χ4n) is 3.58. The first-order valence-electron chi connectivity index (χ1n) is 10.7. The van der Waals surface area contributed by atoms with E-state index in [1.807, 2.05) is 41.9 Å². The van der Waals surface area contributed by atoms with Gasteiger partial charge >= 0.3 is 0 Å². The fraction of sp³-hybridized carbons (Fsp3) is 0.320. The van der Waals surface area contributed by atoms with Crippen LogP contribution >= 0.6 is 0 Å². The highest BCUT2D eigenvalue weighted by atomic mass is 16.1. The zero-order valence-corrected chi connectivity index (χ0v) is 19.0. The number of nitrogens with zero attached hydrogens (tertiary/aromatic N) is 3. The largest absolute Gasteiger partial charge is 0.326 e. The molecule has 31 heavy (non-hydrogen) atoms. The summed E-state index contributed by atoms with van der Waals surface area (Å²) in [6.07, 6.45) is 0.761. The second-order valence-electron chi connectivity index (χ2n) is 7.64. The van der Waals surface area contributed by atoms with E-state index in [1.54, 1.807) is 12.1 Å². The van der Waals surface area contributed by atoms with Gasteiger partial charge in [-0.25, -0.2) is 0 Å². The molecular formula is C25H31N5O. The van der Waals surface area contributed by atoms with Crippen LogP contribution < -0.4 is 10.6 Å². The summed E-state index contributed by atoms with van der Waals surface area (Å²) in [5, 5.41) is 10.8. The van der Waals surface area contributed by atoms with Gasteiger partial charge in [-0.1, -0.05) is 30.3 Å². The summed E-state index contributed by atoms with van der Waals surface area (Å²) < 4.78 is 2.01. The van der Waals surface area contributed by atoms with Crippen molar-refractivity contribution in [3.63, 3.8) is 0 Å². The molecule has 0 aliphatic rings. The lowest BCUT2D eigenvalue weighted by Crippen LogP contribution is -2.36. The smallest absolute Gasteiger partial charge is 0.257 e. The van der Waals surface area contributed by atoms with Crippen LogP contribution in [-0.4, -0.2) is 28.2 Å². The van der Waals surface area contributed by atoms with Crippen LogP contribution in [0.15, 0.2) is 53.5 Å². The molecule has 162 valence electrons. The number of carbonyl (C=O) groups is 1. The Morgan fingerprint density at radius 3 is 2.45 bits per heavy atom. The van der Waals surface area contributed by atoms with Crippen LogP contribution in [0.25, 0.3) is 0 Å². The Labute approximate surface area is 184 Å². The van der Waals surface area contributed by atoms with Gasteiger partial charge in [0, 0.05) is 30.0 Å². The van der Waals surface area contributed by atoms with E-state index >= 15 is 0 Å². The first-order valence-corrected chi connectivity index (χ1v) is 10.7. The van der Waals surface area contributed by atoms with E-state index in [0.29, 0.717) is 18.1 Å². The summed E-state index contributed by atoms with van der Waals surface area (Å²) in [7, 11) is 0. The summed E-state index contributed by atoms with van der Waals surface area (Å²) in [6.45, 7) is 11.7. The quantitative estimate of drug-likeness (QED) is 0.456.